The number of rotatable bonds is 2. The molecule has 0 fully saturated rings. The number of aromatic amines is 1. The molecule has 1 atom stereocenters. The molecule has 0 spiro atoms. The second-order valence-electron chi connectivity index (χ2n) is 6.86. The number of nitrogens with one attached hydrogen (secondary N) is 2. The fourth-order valence-electron chi connectivity index (χ4n) is 4.07. The van der Waals surface area contributed by atoms with E-state index in [1.54, 1.807) is 12.1 Å². The number of carbonyl (C=O) groups excluding carboxylic acids is 1. The lowest BCUT2D eigenvalue weighted by Gasteiger charge is -2.28. The highest BCUT2D eigenvalue weighted by molar-refractivity contribution is 6.01. The van der Waals surface area contributed by atoms with E-state index >= 15 is 4.39 Å². The maximum absolute atomic E-state index is 15.0. The van der Waals surface area contributed by atoms with Gasteiger partial charge in [-0.2, -0.15) is 0 Å². The van der Waals surface area contributed by atoms with E-state index < -0.39 is 17.7 Å². The van der Waals surface area contributed by atoms with Crippen molar-refractivity contribution in [2.75, 3.05) is 19.0 Å². The highest BCUT2D eigenvalue weighted by atomic mass is 19.1. The van der Waals surface area contributed by atoms with Gasteiger partial charge in [0, 0.05) is 34.0 Å². The van der Waals surface area contributed by atoms with Gasteiger partial charge in [0.1, 0.15) is 18.2 Å². The molecule has 6 heteroatoms. The maximum Gasteiger partial charge on any atom is 0.337 e. The van der Waals surface area contributed by atoms with Gasteiger partial charge in [-0.05, 0) is 25.1 Å². The summed E-state index contributed by atoms with van der Waals surface area (Å²) in [6, 6.07) is 10.7. The van der Waals surface area contributed by atoms with Crippen LogP contribution in [0.4, 0.5) is 10.1 Å². The van der Waals surface area contributed by atoms with Gasteiger partial charge in [-0.3, -0.25) is 0 Å². The Kier molecular flexibility index (Phi) is 3.31. The Hall–Kier alpha value is -3.28. The number of aryl methyl sites for hydroxylation is 1. The van der Waals surface area contributed by atoms with E-state index in [0.29, 0.717) is 22.6 Å². The van der Waals surface area contributed by atoms with Crippen LogP contribution in [0.25, 0.3) is 10.9 Å². The summed E-state index contributed by atoms with van der Waals surface area (Å²) in [7, 11) is 1.49. The number of methoxy groups -OCH3 is 1. The Labute approximate surface area is 154 Å². The number of esters is 1. The SMILES string of the molecule is COc1ccc(C2C3=C(COC3=O)Nc3ccc4cc(C)[nH]c4c32)c(F)c1. The summed E-state index contributed by atoms with van der Waals surface area (Å²) in [5.41, 5.74) is 5.17. The van der Waals surface area contributed by atoms with E-state index in [1.165, 1.54) is 13.2 Å². The summed E-state index contributed by atoms with van der Waals surface area (Å²) in [5, 5.41) is 4.32. The number of fused-ring (bicyclic) bond motifs is 3. The number of H-pyrrole nitrogens is 1. The van der Waals surface area contributed by atoms with E-state index in [2.05, 4.69) is 10.3 Å². The zero-order chi connectivity index (χ0) is 18.7. The van der Waals surface area contributed by atoms with Crippen molar-refractivity contribution in [3.8, 4) is 5.75 Å². The highest BCUT2D eigenvalue weighted by Gasteiger charge is 2.40. The number of cyclic esters (lactones) is 1. The smallest absolute Gasteiger partial charge is 0.337 e. The molecule has 0 radical (unpaired) electrons. The molecule has 0 bridgehead atoms. The molecule has 3 aromatic rings. The van der Waals surface area contributed by atoms with Crippen molar-refractivity contribution in [2.45, 2.75) is 12.8 Å². The molecule has 1 aromatic heterocycles. The minimum atomic E-state index is -0.557. The van der Waals surface area contributed by atoms with Crippen molar-refractivity contribution in [1.29, 1.82) is 0 Å². The molecule has 0 saturated heterocycles. The van der Waals surface area contributed by atoms with Crippen LogP contribution in [-0.2, 0) is 9.53 Å². The van der Waals surface area contributed by atoms with Crippen LogP contribution in [0.5, 0.6) is 5.75 Å². The quantitative estimate of drug-likeness (QED) is 0.675. The summed E-state index contributed by atoms with van der Waals surface area (Å²) >= 11 is 0. The standard InChI is InChI=1S/C21H17FN2O3/c1-10-7-11-3-6-15-18(20(11)23-10)17(19-16(24-15)9-27-21(19)25)13-5-4-12(26-2)8-14(13)22/h3-8,17,23-24H,9H2,1-2H3. The number of benzene rings is 2. The molecule has 136 valence electrons. The first-order valence-electron chi connectivity index (χ1n) is 8.69. The van der Waals surface area contributed by atoms with Crippen LogP contribution in [-0.4, -0.2) is 24.7 Å². The van der Waals surface area contributed by atoms with Gasteiger partial charge < -0.3 is 19.8 Å². The van der Waals surface area contributed by atoms with Crippen molar-refractivity contribution in [3.63, 3.8) is 0 Å². The molecular weight excluding hydrogens is 347 g/mol. The van der Waals surface area contributed by atoms with Gasteiger partial charge in [0.25, 0.3) is 0 Å². The van der Waals surface area contributed by atoms with Crippen molar-refractivity contribution in [2.24, 2.45) is 0 Å². The molecule has 5 nitrogen and oxygen atoms in total. The van der Waals surface area contributed by atoms with Gasteiger partial charge in [0.15, 0.2) is 0 Å². The molecule has 2 aliphatic heterocycles. The van der Waals surface area contributed by atoms with Crippen LogP contribution in [0.3, 0.4) is 0 Å². The first-order chi connectivity index (χ1) is 13.1. The average molecular weight is 364 g/mol. The zero-order valence-corrected chi connectivity index (χ0v) is 14.9. The number of hydrogen-bond acceptors (Lipinski definition) is 4. The van der Waals surface area contributed by atoms with Crippen LogP contribution in [0.1, 0.15) is 22.7 Å². The third-order valence-electron chi connectivity index (χ3n) is 5.25. The Bertz CT molecular complexity index is 1150. The van der Waals surface area contributed by atoms with Crippen LogP contribution >= 0.6 is 0 Å². The minimum Gasteiger partial charge on any atom is -0.497 e. The normalized spacial score (nSPS) is 18.2. The van der Waals surface area contributed by atoms with Gasteiger partial charge in [0.05, 0.1) is 29.8 Å². The van der Waals surface area contributed by atoms with Crippen molar-refractivity contribution in [3.05, 3.63) is 70.3 Å². The number of halogens is 1. The molecule has 27 heavy (non-hydrogen) atoms. The van der Waals surface area contributed by atoms with Gasteiger partial charge in [-0.1, -0.05) is 12.1 Å². The Morgan fingerprint density at radius 2 is 2.07 bits per heavy atom. The number of ether oxygens (including phenoxy) is 2. The zero-order valence-electron chi connectivity index (χ0n) is 14.9. The molecular formula is C21H17FN2O3. The third-order valence-corrected chi connectivity index (χ3v) is 5.25. The summed E-state index contributed by atoms with van der Waals surface area (Å²) in [6.07, 6.45) is 0. The molecule has 0 saturated carbocycles. The van der Waals surface area contributed by atoms with E-state index in [0.717, 1.165) is 27.8 Å². The second-order valence-corrected chi connectivity index (χ2v) is 6.86. The lowest BCUT2D eigenvalue weighted by atomic mass is 9.80. The van der Waals surface area contributed by atoms with Crippen molar-refractivity contribution < 1.29 is 18.7 Å². The third kappa shape index (κ3) is 2.26. The molecule has 2 aliphatic rings. The number of anilines is 1. The van der Waals surface area contributed by atoms with E-state index in [4.69, 9.17) is 9.47 Å². The Morgan fingerprint density at radius 1 is 1.22 bits per heavy atom. The fraction of sp³-hybridized carbons (Fsp3) is 0.190. The summed E-state index contributed by atoms with van der Waals surface area (Å²) in [5.74, 6) is -0.955. The summed E-state index contributed by atoms with van der Waals surface area (Å²) < 4.78 is 25.4. The van der Waals surface area contributed by atoms with Gasteiger partial charge in [0.2, 0.25) is 0 Å². The molecule has 0 aliphatic carbocycles. The number of carbonyl (C=O) groups is 1. The highest BCUT2D eigenvalue weighted by Crippen LogP contribution is 2.47. The minimum absolute atomic E-state index is 0.170. The van der Waals surface area contributed by atoms with Gasteiger partial charge in [-0.15, -0.1) is 0 Å². The second kappa shape index (κ2) is 5.61. The lowest BCUT2D eigenvalue weighted by molar-refractivity contribution is -0.136. The molecule has 3 heterocycles. The number of hydrogen-bond donors (Lipinski definition) is 2. The first-order valence-corrected chi connectivity index (χ1v) is 8.69. The van der Waals surface area contributed by atoms with Crippen LogP contribution in [0.15, 0.2) is 47.7 Å². The maximum atomic E-state index is 15.0. The van der Waals surface area contributed by atoms with E-state index in [-0.39, 0.29) is 6.61 Å². The van der Waals surface area contributed by atoms with E-state index in [9.17, 15) is 4.79 Å². The predicted molar refractivity (Wildman–Crippen MR) is 99.4 cm³/mol. The molecule has 5 rings (SSSR count). The molecule has 1 unspecified atom stereocenters. The summed E-state index contributed by atoms with van der Waals surface area (Å²) in [6.45, 7) is 2.14. The monoisotopic (exact) mass is 364 g/mol. The molecule has 2 N–H and O–H groups in total. The molecule has 2 aromatic carbocycles. The predicted octanol–water partition coefficient (Wildman–Crippen LogP) is 3.99. The summed E-state index contributed by atoms with van der Waals surface area (Å²) in [4.78, 5) is 15.9. The fourth-order valence-corrected chi connectivity index (χ4v) is 4.07. The van der Waals surface area contributed by atoms with Crippen molar-refractivity contribution in [1.82, 2.24) is 4.98 Å². The van der Waals surface area contributed by atoms with E-state index in [1.807, 2.05) is 25.1 Å². The molecule has 0 amide bonds. The number of aromatic nitrogens is 1. The average Bonchev–Trinajstić information content (AvgIpc) is 3.22. The van der Waals surface area contributed by atoms with Crippen LogP contribution in [0.2, 0.25) is 0 Å². The van der Waals surface area contributed by atoms with Crippen LogP contribution < -0.4 is 10.1 Å². The van der Waals surface area contributed by atoms with Crippen molar-refractivity contribution >= 4 is 22.6 Å². The van der Waals surface area contributed by atoms with Crippen LogP contribution in [0, 0.1) is 12.7 Å². The van der Waals surface area contributed by atoms with Gasteiger partial charge in [-0.25, -0.2) is 9.18 Å². The topological polar surface area (TPSA) is 63.4 Å². The Morgan fingerprint density at radius 3 is 2.85 bits per heavy atom. The Balaban J connectivity index is 1.82. The largest absolute Gasteiger partial charge is 0.497 e. The van der Waals surface area contributed by atoms with Gasteiger partial charge >= 0.3 is 5.97 Å². The first kappa shape index (κ1) is 15.9. The lowest BCUT2D eigenvalue weighted by Crippen LogP contribution is -2.21.